The highest BCUT2D eigenvalue weighted by Gasteiger charge is 2.39. The lowest BCUT2D eigenvalue weighted by Gasteiger charge is -2.28. The number of carbonyl (C=O) groups excluding carboxylic acids is 3. The van der Waals surface area contributed by atoms with Gasteiger partial charge in [-0.05, 0) is 35.7 Å². The molecule has 1 aliphatic heterocycles. The van der Waals surface area contributed by atoms with Crippen LogP contribution in [0.1, 0.15) is 27.5 Å². The number of amides is 3. The van der Waals surface area contributed by atoms with Crippen LogP contribution < -0.4 is 16.0 Å². The molecule has 4 aromatic rings. The number of carbonyl (C=O) groups is 3. The molecule has 5 rings (SSSR count). The second-order valence-corrected chi connectivity index (χ2v) is 8.46. The van der Waals surface area contributed by atoms with E-state index in [1.807, 2.05) is 72.8 Å². The summed E-state index contributed by atoms with van der Waals surface area (Å²) in [5.41, 5.74) is 9.16. The van der Waals surface area contributed by atoms with E-state index in [-0.39, 0.29) is 24.3 Å². The number of nitrogens with one attached hydrogen (secondary N) is 2. The first kappa shape index (κ1) is 21.5. The third kappa shape index (κ3) is 4.03. The lowest BCUT2D eigenvalue weighted by molar-refractivity contribution is -0.123. The van der Waals surface area contributed by atoms with Crippen molar-refractivity contribution >= 4 is 34.3 Å². The highest BCUT2D eigenvalue weighted by atomic mass is 16.2. The number of hydrogen-bond donors (Lipinski definition) is 3. The van der Waals surface area contributed by atoms with E-state index in [1.165, 1.54) is 4.90 Å². The number of hydrogen-bond acceptors (Lipinski definition) is 3. The summed E-state index contributed by atoms with van der Waals surface area (Å²) in [6, 6.07) is 25.6. The highest BCUT2D eigenvalue weighted by molar-refractivity contribution is 6.06. The fourth-order valence-electron chi connectivity index (χ4n) is 4.67. The van der Waals surface area contributed by atoms with Gasteiger partial charge in [0.15, 0.2) is 0 Å². The van der Waals surface area contributed by atoms with Crippen LogP contribution in [0, 0.1) is 0 Å². The molecule has 7 nitrogen and oxygen atoms in total. The van der Waals surface area contributed by atoms with E-state index in [2.05, 4.69) is 10.3 Å². The summed E-state index contributed by atoms with van der Waals surface area (Å²) in [6.45, 7) is -0.268. The monoisotopic (exact) mass is 452 g/mol. The SMILES string of the molecule is NC(=O)CN1C(=O)C(NC(=O)c2cc3ccccc3[nH]2)C(c2ccccc2)Cc2ccccc21. The molecule has 2 unspecified atom stereocenters. The number of aromatic nitrogens is 1. The Morgan fingerprint density at radius 1 is 0.971 bits per heavy atom. The zero-order valence-corrected chi connectivity index (χ0v) is 18.4. The van der Waals surface area contributed by atoms with Gasteiger partial charge in [-0.15, -0.1) is 0 Å². The number of aromatic amines is 1. The number of fused-ring (bicyclic) bond motifs is 2. The van der Waals surface area contributed by atoms with Crippen LogP contribution in [0.5, 0.6) is 0 Å². The Morgan fingerprint density at radius 3 is 2.44 bits per heavy atom. The van der Waals surface area contributed by atoms with Gasteiger partial charge in [0.1, 0.15) is 18.3 Å². The normalized spacial score (nSPS) is 17.8. The number of benzene rings is 3. The zero-order valence-electron chi connectivity index (χ0n) is 18.4. The summed E-state index contributed by atoms with van der Waals surface area (Å²) < 4.78 is 0. The molecule has 0 spiro atoms. The van der Waals surface area contributed by atoms with E-state index in [9.17, 15) is 14.4 Å². The summed E-state index contributed by atoms with van der Waals surface area (Å²) in [5.74, 6) is -1.72. The predicted octanol–water partition coefficient (Wildman–Crippen LogP) is 3.12. The van der Waals surface area contributed by atoms with E-state index >= 15 is 0 Å². The maximum Gasteiger partial charge on any atom is 0.268 e. The summed E-state index contributed by atoms with van der Waals surface area (Å²) in [7, 11) is 0. The van der Waals surface area contributed by atoms with Gasteiger partial charge < -0.3 is 20.9 Å². The Kier molecular flexibility index (Phi) is 5.59. The Hall–Kier alpha value is -4.39. The number of rotatable bonds is 5. The number of H-pyrrole nitrogens is 1. The van der Waals surface area contributed by atoms with Gasteiger partial charge in [-0.2, -0.15) is 0 Å². The molecule has 1 aliphatic rings. The van der Waals surface area contributed by atoms with Crippen molar-refractivity contribution in [2.75, 3.05) is 11.4 Å². The fourth-order valence-corrected chi connectivity index (χ4v) is 4.67. The maximum absolute atomic E-state index is 13.9. The standard InChI is InChI=1S/C27H24N4O3/c28-24(32)16-31-23-13-7-5-11-19(23)14-20(17-8-2-1-3-9-17)25(27(31)34)30-26(33)22-15-18-10-4-6-12-21(18)29-22/h1-13,15,20,25,29H,14,16H2,(H2,28,32)(H,30,33). The average Bonchev–Trinajstić information content (AvgIpc) is 3.25. The molecule has 0 saturated heterocycles. The number of primary amides is 1. The van der Waals surface area contributed by atoms with Gasteiger partial charge in [0, 0.05) is 22.5 Å². The maximum atomic E-state index is 13.9. The largest absolute Gasteiger partial charge is 0.368 e. The van der Waals surface area contributed by atoms with Crippen molar-refractivity contribution in [3.8, 4) is 0 Å². The molecule has 0 radical (unpaired) electrons. The summed E-state index contributed by atoms with van der Waals surface area (Å²) in [5, 5.41) is 3.86. The first-order valence-electron chi connectivity index (χ1n) is 11.1. The van der Waals surface area contributed by atoms with Crippen LogP contribution in [0.15, 0.2) is 84.9 Å². The summed E-state index contributed by atoms with van der Waals surface area (Å²) in [6.07, 6.45) is 0.513. The van der Waals surface area contributed by atoms with Crippen molar-refractivity contribution in [1.82, 2.24) is 10.3 Å². The van der Waals surface area contributed by atoms with Gasteiger partial charge in [-0.1, -0.05) is 66.7 Å². The van der Waals surface area contributed by atoms with E-state index in [1.54, 1.807) is 12.1 Å². The number of nitrogens with two attached hydrogens (primary N) is 1. The zero-order chi connectivity index (χ0) is 23.7. The minimum Gasteiger partial charge on any atom is -0.368 e. The van der Waals surface area contributed by atoms with Crippen molar-refractivity contribution in [3.63, 3.8) is 0 Å². The molecule has 0 bridgehead atoms. The molecular weight excluding hydrogens is 428 g/mol. The smallest absolute Gasteiger partial charge is 0.268 e. The van der Waals surface area contributed by atoms with Crippen LogP contribution in [0.4, 0.5) is 5.69 Å². The molecule has 1 aromatic heterocycles. The Labute approximate surface area is 196 Å². The molecular formula is C27H24N4O3. The predicted molar refractivity (Wildman–Crippen MR) is 130 cm³/mol. The van der Waals surface area contributed by atoms with Gasteiger partial charge in [0.05, 0.1) is 0 Å². The third-order valence-corrected chi connectivity index (χ3v) is 6.26. The molecule has 0 saturated carbocycles. The molecule has 34 heavy (non-hydrogen) atoms. The molecule has 7 heteroatoms. The molecule has 0 fully saturated rings. The van der Waals surface area contributed by atoms with Gasteiger partial charge in [-0.3, -0.25) is 14.4 Å². The lowest BCUT2D eigenvalue weighted by Crippen LogP contribution is -2.52. The lowest BCUT2D eigenvalue weighted by atomic mass is 9.86. The van der Waals surface area contributed by atoms with Gasteiger partial charge in [-0.25, -0.2) is 0 Å². The molecule has 0 aliphatic carbocycles. The van der Waals surface area contributed by atoms with Crippen molar-refractivity contribution in [2.45, 2.75) is 18.4 Å². The van der Waals surface area contributed by atoms with Crippen LogP contribution >= 0.6 is 0 Å². The molecule has 3 aromatic carbocycles. The third-order valence-electron chi connectivity index (χ3n) is 6.26. The summed E-state index contributed by atoms with van der Waals surface area (Å²) in [4.78, 5) is 43.6. The molecule has 2 atom stereocenters. The van der Waals surface area contributed by atoms with E-state index in [4.69, 9.17) is 5.73 Å². The van der Waals surface area contributed by atoms with E-state index in [0.29, 0.717) is 17.8 Å². The van der Waals surface area contributed by atoms with Gasteiger partial charge in [0.25, 0.3) is 11.8 Å². The van der Waals surface area contributed by atoms with Crippen molar-refractivity contribution < 1.29 is 14.4 Å². The average molecular weight is 453 g/mol. The van der Waals surface area contributed by atoms with Crippen LogP contribution in [-0.2, 0) is 16.0 Å². The van der Waals surface area contributed by atoms with Gasteiger partial charge in [0.2, 0.25) is 5.91 Å². The molecule has 4 N–H and O–H groups in total. The second-order valence-electron chi connectivity index (χ2n) is 8.46. The minimum absolute atomic E-state index is 0.268. The fraction of sp³-hybridized carbons (Fsp3) is 0.148. The second kappa shape index (κ2) is 8.86. The van der Waals surface area contributed by atoms with Crippen LogP contribution in [0.2, 0.25) is 0 Å². The van der Waals surface area contributed by atoms with Crippen LogP contribution in [0.3, 0.4) is 0 Å². The molecule has 3 amide bonds. The Morgan fingerprint density at radius 2 is 1.68 bits per heavy atom. The van der Waals surface area contributed by atoms with Crippen molar-refractivity contribution in [2.24, 2.45) is 5.73 Å². The number of anilines is 1. The number of nitrogens with zero attached hydrogens (tertiary/aromatic N) is 1. The summed E-state index contributed by atoms with van der Waals surface area (Å²) >= 11 is 0. The van der Waals surface area contributed by atoms with Crippen molar-refractivity contribution in [1.29, 1.82) is 0 Å². The first-order valence-corrected chi connectivity index (χ1v) is 11.1. The van der Waals surface area contributed by atoms with Gasteiger partial charge >= 0.3 is 0 Å². The van der Waals surface area contributed by atoms with Crippen molar-refractivity contribution in [3.05, 3.63) is 102 Å². The van der Waals surface area contributed by atoms with E-state index < -0.39 is 11.9 Å². The van der Waals surface area contributed by atoms with E-state index in [0.717, 1.165) is 22.0 Å². The Bertz CT molecular complexity index is 1350. The van der Waals surface area contributed by atoms with Crippen LogP contribution in [-0.4, -0.2) is 35.3 Å². The molecule has 170 valence electrons. The first-order chi connectivity index (χ1) is 16.5. The van der Waals surface area contributed by atoms with Crippen LogP contribution in [0.25, 0.3) is 10.9 Å². The molecule has 2 heterocycles. The Balaban J connectivity index is 1.57. The minimum atomic E-state index is -0.895. The quantitative estimate of drug-likeness (QED) is 0.433. The topological polar surface area (TPSA) is 108 Å². The number of para-hydroxylation sites is 2. The highest BCUT2D eigenvalue weighted by Crippen LogP contribution is 2.35.